The van der Waals surface area contributed by atoms with Crippen LogP contribution in [0.15, 0.2) is 18.2 Å². The smallest absolute Gasteiger partial charge is 0.388 e. The summed E-state index contributed by atoms with van der Waals surface area (Å²) >= 11 is 5.47. The van der Waals surface area contributed by atoms with Gasteiger partial charge in [-0.05, 0) is 18.6 Å². The number of alkyl halides is 3. The molecule has 90 valence electrons. The van der Waals surface area contributed by atoms with E-state index in [-0.39, 0.29) is 10.6 Å². The van der Waals surface area contributed by atoms with E-state index in [2.05, 4.69) is 0 Å². The number of hydrogen-bond donors (Lipinski definition) is 1. The molecule has 0 heterocycles. The first kappa shape index (κ1) is 13.3. The first-order chi connectivity index (χ1) is 7.29. The number of rotatable bonds is 3. The molecule has 16 heavy (non-hydrogen) atoms. The molecule has 0 aliphatic rings. The van der Waals surface area contributed by atoms with E-state index < -0.39 is 30.9 Å². The van der Waals surface area contributed by atoms with Gasteiger partial charge in [0.2, 0.25) is 0 Å². The average molecular weight is 257 g/mol. The van der Waals surface area contributed by atoms with Crippen LogP contribution in [-0.4, -0.2) is 11.3 Å². The Morgan fingerprint density at radius 3 is 2.44 bits per heavy atom. The van der Waals surface area contributed by atoms with E-state index >= 15 is 0 Å². The Hall–Kier alpha value is -0.810. The van der Waals surface area contributed by atoms with Crippen LogP contribution >= 0.6 is 11.6 Å². The fourth-order valence-corrected chi connectivity index (χ4v) is 1.39. The van der Waals surface area contributed by atoms with E-state index in [0.29, 0.717) is 0 Å². The quantitative estimate of drug-likeness (QED) is 0.815. The van der Waals surface area contributed by atoms with E-state index in [0.717, 1.165) is 6.07 Å². The van der Waals surface area contributed by atoms with Crippen molar-refractivity contribution >= 4 is 11.6 Å². The lowest BCUT2D eigenvalue weighted by Gasteiger charge is -2.13. The van der Waals surface area contributed by atoms with Crippen molar-refractivity contribution < 1.29 is 22.7 Å². The maximum Gasteiger partial charge on any atom is 0.389 e. The molecule has 0 saturated carbocycles. The monoisotopic (exact) mass is 256 g/mol. The molecule has 1 atom stereocenters. The fraction of sp³-hybridized carbons (Fsp3) is 0.400. The molecule has 0 fully saturated rings. The van der Waals surface area contributed by atoms with E-state index in [1.165, 1.54) is 12.1 Å². The maximum absolute atomic E-state index is 13.2. The molecule has 0 amide bonds. The van der Waals surface area contributed by atoms with Gasteiger partial charge in [-0.15, -0.1) is 0 Å². The van der Waals surface area contributed by atoms with Crippen LogP contribution in [0.25, 0.3) is 0 Å². The standard InChI is InChI=1S/C10H9ClF4O/c11-6-1-2-7(8(12)5-6)9(16)3-4-10(13,14)15/h1-2,5,9,16H,3-4H2. The van der Waals surface area contributed by atoms with Gasteiger partial charge in [-0.1, -0.05) is 17.7 Å². The van der Waals surface area contributed by atoms with Crippen molar-refractivity contribution in [2.45, 2.75) is 25.1 Å². The molecule has 1 aromatic carbocycles. The molecule has 0 aliphatic heterocycles. The Morgan fingerprint density at radius 2 is 1.94 bits per heavy atom. The van der Waals surface area contributed by atoms with Gasteiger partial charge in [0.15, 0.2) is 0 Å². The zero-order chi connectivity index (χ0) is 12.3. The topological polar surface area (TPSA) is 20.2 Å². The Bertz CT molecular complexity index is 364. The van der Waals surface area contributed by atoms with Gasteiger partial charge in [0.25, 0.3) is 0 Å². The van der Waals surface area contributed by atoms with Crippen LogP contribution in [-0.2, 0) is 0 Å². The lowest BCUT2D eigenvalue weighted by Crippen LogP contribution is -2.10. The average Bonchev–Trinajstić information content (AvgIpc) is 2.13. The Labute approximate surface area is 94.7 Å². The van der Waals surface area contributed by atoms with Gasteiger partial charge in [0, 0.05) is 17.0 Å². The zero-order valence-corrected chi connectivity index (χ0v) is 8.82. The lowest BCUT2D eigenvalue weighted by molar-refractivity contribution is -0.140. The molecular weight excluding hydrogens is 248 g/mol. The Kier molecular flexibility index (Phi) is 4.15. The second-order valence-electron chi connectivity index (χ2n) is 3.34. The van der Waals surface area contributed by atoms with Crippen LogP contribution in [0.5, 0.6) is 0 Å². The van der Waals surface area contributed by atoms with Gasteiger partial charge in [0.1, 0.15) is 5.82 Å². The summed E-state index contributed by atoms with van der Waals surface area (Å²) in [7, 11) is 0. The van der Waals surface area contributed by atoms with Crippen molar-refractivity contribution in [3.63, 3.8) is 0 Å². The van der Waals surface area contributed by atoms with E-state index in [1.54, 1.807) is 0 Å². The van der Waals surface area contributed by atoms with E-state index in [4.69, 9.17) is 11.6 Å². The number of aliphatic hydroxyl groups is 1. The molecule has 1 rings (SSSR count). The van der Waals surface area contributed by atoms with E-state index in [9.17, 15) is 22.7 Å². The molecule has 1 nitrogen and oxygen atoms in total. The number of benzene rings is 1. The highest BCUT2D eigenvalue weighted by atomic mass is 35.5. The first-order valence-corrected chi connectivity index (χ1v) is 4.87. The SMILES string of the molecule is OC(CCC(F)(F)F)c1ccc(Cl)cc1F. The summed E-state index contributed by atoms with van der Waals surface area (Å²) in [5.74, 6) is -0.804. The van der Waals surface area contributed by atoms with Crippen LogP contribution in [0, 0.1) is 5.82 Å². The van der Waals surface area contributed by atoms with Crippen LogP contribution < -0.4 is 0 Å². The minimum atomic E-state index is -4.36. The maximum atomic E-state index is 13.2. The third-order valence-electron chi connectivity index (χ3n) is 2.02. The molecular formula is C10H9ClF4O. The first-order valence-electron chi connectivity index (χ1n) is 4.49. The third-order valence-corrected chi connectivity index (χ3v) is 2.26. The summed E-state index contributed by atoms with van der Waals surface area (Å²) in [5.41, 5.74) is -0.173. The predicted molar refractivity (Wildman–Crippen MR) is 51.7 cm³/mol. The van der Waals surface area contributed by atoms with Crippen LogP contribution in [0.4, 0.5) is 17.6 Å². The van der Waals surface area contributed by atoms with Crippen molar-refractivity contribution in [2.24, 2.45) is 0 Å². The zero-order valence-electron chi connectivity index (χ0n) is 8.06. The number of aliphatic hydroxyl groups excluding tert-OH is 1. The molecule has 0 bridgehead atoms. The van der Waals surface area contributed by atoms with Gasteiger partial charge >= 0.3 is 6.18 Å². The second-order valence-corrected chi connectivity index (χ2v) is 3.77. The van der Waals surface area contributed by atoms with Crippen LogP contribution in [0.2, 0.25) is 5.02 Å². The van der Waals surface area contributed by atoms with Crippen molar-refractivity contribution in [2.75, 3.05) is 0 Å². The highest BCUT2D eigenvalue weighted by molar-refractivity contribution is 6.30. The third kappa shape index (κ3) is 3.98. The van der Waals surface area contributed by atoms with E-state index in [1.807, 2.05) is 0 Å². The Morgan fingerprint density at radius 1 is 1.31 bits per heavy atom. The van der Waals surface area contributed by atoms with Gasteiger partial charge in [-0.2, -0.15) is 13.2 Å². The predicted octanol–water partition coefficient (Wildman–Crippen LogP) is 3.86. The van der Waals surface area contributed by atoms with Crippen molar-refractivity contribution in [3.05, 3.63) is 34.6 Å². The van der Waals surface area contributed by atoms with Crippen LogP contribution in [0.3, 0.4) is 0 Å². The summed E-state index contributed by atoms with van der Waals surface area (Å²) in [6.07, 6.45) is -7.55. The molecule has 1 N–H and O–H groups in total. The van der Waals surface area contributed by atoms with Gasteiger partial charge < -0.3 is 5.11 Å². The summed E-state index contributed by atoms with van der Waals surface area (Å²) < 4.78 is 48.8. The highest BCUT2D eigenvalue weighted by Crippen LogP contribution is 2.29. The van der Waals surface area contributed by atoms with Crippen molar-refractivity contribution in [3.8, 4) is 0 Å². The minimum Gasteiger partial charge on any atom is -0.388 e. The summed E-state index contributed by atoms with van der Waals surface area (Å²) in [6.45, 7) is 0. The number of halogens is 5. The Balaban J connectivity index is 2.70. The molecule has 0 aliphatic carbocycles. The number of hydrogen-bond acceptors (Lipinski definition) is 1. The normalized spacial score (nSPS) is 13.9. The molecule has 6 heteroatoms. The van der Waals surface area contributed by atoms with Gasteiger partial charge in [-0.3, -0.25) is 0 Å². The summed E-state index contributed by atoms with van der Waals surface area (Å²) in [4.78, 5) is 0. The largest absolute Gasteiger partial charge is 0.389 e. The van der Waals surface area contributed by atoms with Gasteiger partial charge in [0.05, 0.1) is 6.10 Å². The molecule has 0 spiro atoms. The molecule has 0 radical (unpaired) electrons. The molecule has 1 aromatic rings. The van der Waals surface area contributed by atoms with Gasteiger partial charge in [-0.25, -0.2) is 4.39 Å². The summed E-state index contributed by atoms with van der Waals surface area (Å²) in [5, 5.41) is 9.50. The molecule has 0 saturated heterocycles. The molecule has 0 aromatic heterocycles. The summed E-state index contributed by atoms with van der Waals surface area (Å²) in [6, 6.07) is 3.45. The minimum absolute atomic E-state index is 0.129. The second kappa shape index (κ2) is 5.01. The van der Waals surface area contributed by atoms with Crippen LogP contribution in [0.1, 0.15) is 24.5 Å². The molecule has 1 unspecified atom stereocenters. The van der Waals surface area contributed by atoms with Crippen molar-refractivity contribution in [1.82, 2.24) is 0 Å². The van der Waals surface area contributed by atoms with Crippen molar-refractivity contribution in [1.29, 1.82) is 0 Å². The lowest BCUT2D eigenvalue weighted by atomic mass is 10.0. The highest BCUT2D eigenvalue weighted by Gasteiger charge is 2.28. The fourth-order valence-electron chi connectivity index (χ4n) is 1.23.